The van der Waals surface area contributed by atoms with Crippen LogP contribution in [0.1, 0.15) is 35.3 Å². The van der Waals surface area contributed by atoms with Crippen molar-refractivity contribution in [2.24, 2.45) is 0 Å². The van der Waals surface area contributed by atoms with Gasteiger partial charge in [0.15, 0.2) is 0 Å². The van der Waals surface area contributed by atoms with Gasteiger partial charge in [0.2, 0.25) is 0 Å². The summed E-state index contributed by atoms with van der Waals surface area (Å²) in [5, 5.41) is 0. The van der Waals surface area contributed by atoms with Crippen LogP contribution in [0.15, 0.2) is 48.5 Å². The van der Waals surface area contributed by atoms with Crippen molar-refractivity contribution in [3.8, 4) is 0 Å². The molecule has 4 heteroatoms. The molecule has 25 heavy (non-hydrogen) atoms. The van der Waals surface area contributed by atoms with Crippen molar-refractivity contribution in [2.75, 3.05) is 31.1 Å². The number of carbonyl (C=O) groups excluding carboxylic acids is 1. The lowest BCUT2D eigenvalue weighted by molar-refractivity contribution is 0.0984. The summed E-state index contributed by atoms with van der Waals surface area (Å²) in [6.45, 7) is 12.0. The van der Waals surface area contributed by atoms with Crippen LogP contribution in [0.3, 0.4) is 0 Å². The molecule has 2 aromatic carbocycles. The summed E-state index contributed by atoms with van der Waals surface area (Å²) in [6, 6.07) is 16.0. The Hall–Kier alpha value is -1.84. The van der Waals surface area contributed by atoms with E-state index in [0.29, 0.717) is 6.54 Å². The van der Waals surface area contributed by atoms with Crippen LogP contribution >= 0.6 is 12.4 Å². The van der Waals surface area contributed by atoms with Gasteiger partial charge in [0.1, 0.15) is 0 Å². The number of likely N-dealkylation sites (N-methyl/N-ethyl adjacent to an activating group) is 1. The van der Waals surface area contributed by atoms with Crippen molar-refractivity contribution in [3.05, 3.63) is 65.2 Å². The third kappa shape index (κ3) is 5.87. The highest BCUT2D eigenvalue weighted by Crippen LogP contribution is 2.18. The van der Waals surface area contributed by atoms with E-state index in [4.69, 9.17) is 0 Å². The molecule has 0 spiro atoms. The fraction of sp³-hybridized carbons (Fsp3) is 0.381. The molecule has 2 rings (SSSR count). The van der Waals surface area contributed by atoms with Gasteiger partial charge in [0.05, 0.1) is 0 Å². The number of amides is 1. The van der Waals surface area contributed by atoms with Gasteiger partial charge in [0, 0.05) is 24.3 Å². The summed E-state index contributed by atoms with van der Waals surface area (Å²) in [5.74, 6) is 0.0611. The summed E-state index contributed by atoms with van der Waals surface area (Å²) >= 11 is 0. The number of halogens is 1. The molecule has 0 aliphatic heterocycles. The molecule has 0 saturated carbocycles. The minimum atomic E-state index is 0. The molecule has 0 heterocycles. The first kappa shape index (κ1) is 21.2. The Balaban J connectivity index is 0.00000312. The highest BCUT2D eigenvalue weighted by molar-refractivity contribution is 6.06. The van der Waals surface area contributed by atoms with Gasteiger partial charge in [0.25, 0.3) is 5.91 Å². The lowest BCUT2D eigenvalue weighted by atomic mass is 10.1. The van der Waals surface area contributed by atoms with Crippen molar-refractivity contribution in [3.63, 3.8) is 0 Å². The zero-order valence-corrected chi connectivity index (χ0v) is 16.5. The molecule has 0 atom stereocenters. The van der Waals surface area contributed by atoms with Crippen molar-refractivity contribution in [1.82, 2.24) is 4.90 Å². The summed E-state index contributed by atoms with van der Waals surface area (Å²) in [6.07, 6.45) is 0. The van der Waals surface area contributed by atoms with Crippen LogP contribution in [0.4, 0.5) is 5.69 Å². The minimum absolute atomic E-state index is 0. The maximum Gasteiger partial charge on any atom is 0.258 e. The van der Waals surface area contributed by atoms with E-state index in [1.807, 2.05) is 48.2 Å². The monoisotopic (exact) mass is 360 g/mol. The van der Waals surface area contributed by atoms with Gasteiger partial charge in [-0.05, 0) is 51.2 Å². The van der Waals surface area contributed by atoms with E-state index >= 15 is 0 Å². The molecule has 3 nitrogen and oxygen atoms in total. The predicted molar refractivity (Wildman–Crippen MR) is 109 cm³/mol. The molecule has 1 amide bonds. The average Bonchev–Trinajstić information content (AvgIpc) is 2.60. The van der Waals surface area contributed by atoms with Gasteiger partial charge in [-0.15, -0.1) is 12.4 Å². The molecular weight excluding hydrogens is 332 g/mol. The Kier molecular flexibility index (Phi) is 8.67. The van der Waals surface area contributed by atoms with Crippen molar-refractivity contribution >= 4 is 24.0 Å². The van der Waals surface area contributed by atoms with Crippen LogP contribution in [0.2, 0.25) is 0 Å². The second-order valence-corrected chi connectivity index (χ2v) is 6.19. The topological polar surface area (TPSA) is 23.6 Å². The summed E-state index contributed by atoms with van der Waals surface area (Å²) in [7, 11) is 0. The first-order chi connectivity index (χ1) is 11.5. The summed E-state index contributed by atoms with van der Waals surface area (Å²) in [5.41, 5.74) is 4.06. The van der Waals surface area contributed by atoms with Crippen molar-refractivity contribution < 1.29 is 4.79 Å². The molecule has 0 radical (unpaired) electrons. The highest BCUT2D eigenvalue weighted by atomic mass is 35.5. The maximum absolute atomic E-state index is 13.0. The zero-order chi connectivity index (χ0) is 17.5. The Morgan fingerprint density at radius 1 is 0.800 bits per heavy atom. The standard InChI is InChI=1S/C21H28N2O.ClH/c1-5-22(6-2)15-16-23(20-13-9-18(4)10-14-20)21(24)19-11-7-17(3)8-12-19;/h7-14H,5-6,15-16H2,1-4H3;1H. The normalized spacial score (nSPS) is 10.4. The number of hydrogen-bond donors (Lipinski definition) is 0. The quantitative estimate of drug-likeness (QED) is 0.713. The molecule has 0 fully saturated rings. The van der Waals surface area contributed by atoms with Gasteiger partial charge >= 0.3 is 0 Å². The molecule has 0 aromatic heterocycles. The van der Waals surface area contributed by atoms with Crippen molar-refractivity contribution in [1.29, 1.82) is 0 Å². The van der Waals surface area contributed by atoms with E-state index in [1.165, 1.54) is 5.56 Å². The van der Waals surface area contributed by atoms with Gasteiger partial charge in [-0.2, -0.15) is 0 Å². The molecule has 0 saturated heterocycles. The first-order valence-corrected chi connectivity index (χ1v) is 8.72. The zero-order valence-electron chi connectivity index (χ0n) is 15.7. The average molecular weight is 361 g/mol. The highest BCUT2D eigenvalue weighted by Gasteiger charge is 2.18. The molecule has 2 aromatic rings. The van der Waals surface area contributed by atoms with Gasteiger partial charge in [-0.3, -0.25) is 4.79 Å². The number of hydrogen-bond acceptors (Lipinski definition) is 2. The van der Waals surface area contributed by atoms with Gasteiger partial charge in [-0.1, -0.05) is 49.2 Å². The molecule has 0 aliphatic carbocycles. The Morgan fingerprint density at radius 2 is 1.28 bits per heavy atom. The smallest absolute Gasteiger partial charge is 0.258 e. The van der Waals surface area contributed by atoms with Crippen molar-refractivity contribution in [2.45, 2.75) is 27.7 Å². The largest absolute Gasteiger partial charge is 0.307 e. The fourth-order valence-electron chi connectivity index (χ4n) is 2.71. The number of anilines is 1. The molecule has 0 unspecified atom stereocenters. The van der Waals surface area contributed by atoms with Crippen LogP contribution in [0.5, 0.6) is 0 Å². The molecule has 136 valence electrons. The van der Waals surface area contributed by atoms with E-state index in [2.05, 4.69) is 37.8 Å². The fourth-order valence-corrected chi connectivity index (χ4v) is 2.71. The number of benzene rings is 2. The van der Waals surface area contributed by atoms with E-state index in [-0.39, 0.29) is 18.3 Å². The number of rotatable bonds is 7. The minimum Gasteiger partial charge on any atom is -0.307 e. The first-order valence-electron chi connectivity index (χ1n) is 8.72. The van der Waals surface area contributed by atoms with Crippen LogP contribution < -0.4 is 4.90 Å². The van der Waals surface area contributed by atoms with E-state index < -0.39 is 0 Å². The lowest BCUT2D eigenvalue weighted by Crippen LogP contribution is -2.38. The van der Waals surface area contributed by atoms with Crippen LogP contribution in [0, 0.1) is 13.8 Å². The lowest BCUT2D eigenvalue weighted by Gasteiger charge is -2.27. The molecule has 0 aliphatic rings. The second-order valence-electron chi connectivity index (χ2n) is 6.19. The van der Waals surface area contributed by atoms with Gasteiger partial charge < -0.3 is 9.80 Å². The third-order valence-electron chi connectivity index (χ3n) is 4.42. The number of aryl methyl sites for hydroxylation is 2. The van der Waals surface area contributed by atoms with Crippen LogP contribution in [-0.4, -0.2) is 37.0 Å². The Labute approximate surface area is 158 Å². The SMILES string of the molecule is CCN(CC)CCN(C(=O)c1ccc(C)cc1)c1ccc(C)cc1.Cl. The summed E-state index contributed by atoms with van der Waals surface area (Å²) in [4.78, 5) is 17.3. The molecular formula is C21H29ClN2O. The van der Waals surface area contributed by atoms with E-state index in [9.17, 15) is 4.79 Å². The van der Waals surface area contributed by atoms with Crippen LogP contribution in [-0.2, 0) is 0 Å². The number of carbonyl (C=O) groups is 1. The third-order valence-corrected chi connectivity index (χ3v) is 4.42. The Bertz CT molecular complexity index is 649. The Morgan fingerprint density at radius 3 is 1.76 bits per heavy atom. The van der Waals surface area contributed by atoms with Crippen LogP contribution in [0.25, 0.3) is 0 Å². The molecule has 0 N–H and O–H groups in total. The van der Waals surface area contributed by atoms with E-state index in [1.54, 1.807) is 0 Å². The maximum atomic E-state index is 13.0. The molecule has 0 bridgehead atoms. The predicted octanol–water partition coefficient (Wildman–Crippen LogP) is 4.71. The van der Waals surface area contributed by atoms with Gasteiger partial charge in [-0.25, -0.2) is 0 Å². The van der Waals surface area contributed by atoms with E-state index in [0.717, 1.165) is 36.4 Å². The number of nitrogens with zero attached hydrogens (tertiary/aromatic N) is 2. The second kappa shape index (κ2) is 10.2. The summed E-state index contributed by atoms with van der Waals surface area (Å²) < 4.78 is 0.